The second-order valence-corrected chi connectivity index (χ2v) is 6.67. The molecule has 0 saturated carbocycles. The lowest BCUT2D eigenvalue weighted by Crippen LogP contribution is -2.15. The Kier molecular flexibility index (Phi) is 7.01. The fourth-order valence-electron chi connectivity index (χ4n) is 3.28. The van der Waals surface area contributed by atoms with Crippen LogP contribution in [0, 0.1) is 0 Å². The fourth-order valence-corrected chi connectivity index (χ4v) is 3.28. The van der Waals surface area contributed by atoms with E-state index in [-0.39, 0.29) is 0 Å². The van der Waals surface area contributed by atoms with Gasteiger partial charge in [0.2, 0.25) is 0 Å². The zero-order valence-electron chi connectivity index (χ0n) is 16.4. The maximum absolute atomic E-state index is 10.7. The van der Waals surface area contributed by atoms with Gasteiger partial charge in [-0.25, -0.2) is 0 Å². The van der Waals surface area contributed by atoms with Crippen LogP contribution < -0.4 is 10.1 Å². The van der Waals surface area contributed by atoms with Crippen LogP contribution in [0.25, 0.3) is 11.1 Å². The molecule has 0 heterocycles. The average Bonchev–Trinajstić information content (AvgIpc) is 2.74. The largest absolute Gasteiger partial charge is 0.492 e. The molecule has 2 N–H and O–H groups in total. The van der Waals surface area contributed by atoms with Crippen LogP contribution in [0.2, 0.25) is 0 Å². The third-order valence-electron chi connectivity index (χ3n) is 4.60. The summed E-state index contributed by atoms with van der Waals surface area (Å²) in [7, 11) is 1.91. The summed E-state index contributed by atoms with van der Waals surface area (Å²) in [5, 5.41) is 13.7. The van der Waals surface area contributed by atoms with E-state index >= 15 is 0 Å². The summed E-state index contributed by atoms with van der Waals surface area (Å²) in [6.07, 6.45) is -0.607. The minimum Gasteiger partial charge on any atom is -0.492 e. The summed E-state index contributed by atoms with van der Waals surface area (Å²) < 4.78 is 5.75. The fraction of sp³-hybridized carbons (Fsp3) is 0.200. The summed E-state index contributed by atoms with van der Waals surface area (Å²) in [4.78, 5) is 0. The Morgan fingerprint density at radius 1 is 0.821 bits per heavy atom. The first-order valence-electron chi connectivity index (χ1n) is 9.61. The van der Waals surface area contributed by atoms with Crippen LogP contribution in [0.3, 0.4) is 0 Å². The lowest BCUT2D eigenvalue weighted by Gasteiger charge is -2.20. The zero-order valence-corrected chi connectivity index (χ0v) is 16.4. The molecule has 1 atom stereocenters. The number of aliphatic hydroxyl groups excluding tert-OH is 1. The Hall–Kier alpha value is -2.88. The first kappa shape index (κ1) is 19.9. The number of nitrogens with one attached hydrogen (secondary N) is 1. The SMILES string of the molecule is CNCCOc1ccc(/C(=C(\c2ccccc2)[C@@H](C)O)c2ccccc2)cc1. The predicted molar refractivity (Wildman–Crippen MR) is 116 cm³/mol. The van der Waals surface area contributed by atoms with Crippen molar-refractivity contribution in [3.63, 3.8) is 0 Å². The topological polar surface area (TPSA) is 41.5 Å². The molecule has 0 aromatic heterocycles. The van der Waals surface area contributed by atoms with E-state index in [0.717, 1.165) is 40.1 Å². The van der Waals surface area contributed by atoms with Gasteiger partial charge in [0.25, 0.3) is 0 Å². The standard InChI is InChI=1S/C25H27NO2/c1-19(27)24(20-9-5-3-6-10-20)25(21-11-7-4-8-12-21)22-13-15-23(16-14-22)28-18-17-26-2/h3-16,19,26-27H,17-18H2,1-2H3/b25-24-/t19-/m1/s1. The number of likely N-dealkylation sites (N-methyl/N-ethyl adjacent to an activating group) is 1. The molecule has 28 heavy (non-hydrogen) atoms. The monoisotopic (exact) mass is 373 g/mol. The minimum atomic E-state index is -0.607. The van der Waals surface area contributed by atoms with Crippen molar-refractivity contribution in [3.8, 4) is 5.75 Å². The molecule has 0 aliphatic heterocycles. The van der Waals surface area contributed by atoms with Crippen LogP contribution in [-0.2, 0) is 0 Å². The molecule has 0 amide bonds. The van der Waals surface area contributed by atoms with Crippen molar-refractivity contribution in [3.05, 3.63) is 102 Å². The number of hydrogen-bond acceptors (Lipinski definition) is 3. The van der Waals surface area contributed by atoms with E-state index in [1.54, 1.807) is 0 Å². The first-order valence-corrected chi connectivity index (χ1v) is 9.61. The molecule has 3 rings (SSSR count). The molecule has 0 spiro atoms. The summed E-state index contributed by atoms with van der Waals surface area (Å²) in [5.41, 5.74) is 5.09. The normalized spacial score (nSPS) is 13.0. The summed E-state index contributed by atoms with van der Waals surface area (Å²) in [6.45, 7) is 3.25. The highest BCUT2D eigenvalue weighted by atomic mass is 16.5. The van der Waals surface area contributed by atoms with Crippen LogP contribution in [0.1, 0.15) is 23.6 Å². The third-order valence-corrected chi connectivity index (χ3v) is 4.60. The van der Waals surface area contributed by atoms with Gasteiger partial charge in [0.1, 0.15) is 12.4 Å². The number of benzene rings is 3. The van der Waals surface area contributed by atoms with Crippen LogP contribution in [-0.4, -0.2) is 31.4 Å². The van der Waals surface area contributed by atoms with Crippen LogP contribution in [0.4, 0.5) is 0 Å². The number of ether oxygens (including phenoxy) is 1. The predicted octanol–water partition coefficient (Wildman–Crippen LogP) is 4.62. The van der Waals surface area contributed by atoms with E-state index < -0.39 is 6.10 Å². The Labute approximate surface area is 167 Å². The number of aliphatic hydroxyl groups is 1. The van der Waals surface area contributed by atoms with Crippen molar-refractivity contribution in [2.24, 2.45) is 0 Å². The van der Waals surface area contributed by atoms with Gasteiger partial charge in [-0.3, -0.25) is 0 Å². The molecule has 0 aliphatic rings. The molecular formula is C25H27NO2. The highest BCUT2D eigenvalue weighted by Crippen LogP contribution is 2.35. The molecule has 0 saturated heterocycles. The Morgan fingerprint density at radius 3 is 1.89 bits per heavy atom. The van der Waals surface area contributed by atoms with Gasteiger partial charge in [-0.15, -0.1) is 0 Å². The van der Waals surface area contributed by atoms with Gasteiger partial charge in [0, 0.05) is 6.54 Å². The number of hydrogen-bond donors (Lipinski definition) is 2. The second kappa shape index (κ2) is 9.88. The van der Waals surface area contributed by atoms with Crippen LogP contribution in [0.5, 0.6) is 5.75 Å². The van der Waals surface area contributed by atoms with Gasteiger partial charge in [-0.1, -0.05) is 72.8 Å². The molecule has 144 valence electrons. The highest BCUT2D eigenvalue weighted by Gasteiger charge is 2.17. The van der Waals surface area contributed by atoms with Crippen LogP contribution >= 0.6 is 0 Å². The molecule has 3 heteroatoms. The molecule has 0 fully saturated rings. The lowest BCUT2D eigenvalue weighted by molar-refractivity contribution is 0.253. The van der Waals surface area contributed by atoms with Crippen molar-refractivity contribution < 1.29 is 9.84 Å². The van der Waals surface area contributed by atoms with E-state index in [0.29, 0.717) is 6.61 Å². The van der Waals surface area contributed by atoms with Crippen molar-refractivity contribution in [1.29, 1.82) is 0 Å². The first-order chi connectivity index (χ1) is 13.7. The van der Waals surface area contributed by atoms with Gasteiger partial charge in [0.05, 0.1) is 6.10 Å². The minimum absolute atomic E-state index is 0.607. The maximum Gasteiger partial charge on any atom is 0.119 e. The summed E-state index contributed by atoms with van der Waals surface area (Å²) in [5.74, 6) is 0.838. The Bertz CT molecular complexity index is 885. The molecule has 3 aromatic rings. The van der Waals surface area contributed by atoms with Gasteiger partial charge >= 0.3 is 0 Å². The van der Waals surface area contributed by atoms with Crippen molar-refractivity contribution in [2.45, 2.75) is 13.0 Å². The van der Waals surface area contributed by atoms with Gasteiger partial charge in [-0.2, -0.15) is 0 Å². The quantitative estimate of drug-likeness (QED) is 0.447. The van der Waals surface area contributed by atoms with E-state index in [4.69, 9.17) is 4.74 Å². The third kappa shape index (κ3) is 4.89. The van der Waals surface area contributed by atoms with E-state index in [1.165, 1.54) is 0 Å². The molecule has 0 radical (unpaired) electrons. The zero-order chi connectivity index (χ0) is 19.8. The lowest BCUT2D eigenvalue weighted by atomic mass is 9.87. The van der Waals surface area contributed by atoms with Gasteiger partial charge in [0.15, 0.2) is 0 Å². The molecule has 0 bridgehead atoms. The summed E-state index contributed by atoms with van der Waals surface area (Å²) in [6, 6.07) is 28.4. The van der Waals surface area contributed by atoms with Crippen molar-refractivity contribution in [1.82, 2.24) is 5.32 Å². The smallest absolute Gasteiger partial charge is 0.119 e. The van der Waals surface area contributed by atoms with Gasteiger partial charge in [-0.05, 0) is 53.9 Å². The van der Waals surface area contributed by atoms with E-state index in [1.807, 2.05) is 74.6 Å². The van der Waals surface area contributed by atoms with E-state index in [9.17, 15) is 5.11 Å². The Balaban J connectivity index is 2.10. The molecule has 0 aliphatic carbocycles. The Morgan fingerprint density at radius 2 is 1.36 bits per heavy atom. The molecule has 3 aromatic carbocycles. The van der Waals surface area contributed by atoms with E-state index in [2.05, 4.69) is 29.6 Å². The molecule has 0 unspecified atom stereocenters. The molecular weight excluding hydrogens is 346 g/mol. The maximum atomic E-state index is 10.7. The number of rotatable bonds is 8. The van der Waals surface area contributed by atoms with Crippen LogP contribution in [0.15, 0.2) is 84.9 Å². The second-order valence-electron chi connectivity index (χ2n) is 6.67. The average molecular weight is 373 g/mol. The highest BCUT2D eigenvalue weighted by molar-refractivity contribution is 5.99. The molecule has 3 nitrogen and oxygen atoms in total. The van der Waals surface area contributed by atoms with Crippen molar-refractivity contribution in [2.75, 3.05) is 20.2 Å². The van der Waals surface area contributed by atoms with Gasteiger partial charge < -0.3 is 15.2 Å². The van der Waals surface area contributed by atoms with Crippen molar-refractivity contribution >= 4 is 11.1 Å². The summed E-state index contributed by atoms with van der Waals surface area (Å²) >= 11 is 0.